The highest BCUT2D eigenvalue weighted by Gasteiger charge is 2.70. The number of fused-ring (bicyclic) bond motifs is 6. The molecular weight excluding hydrogens is 530 g/mol. The summed E-state index contributed by atoms with van der Waals surface area (Å²) in [6, 6.07) is 21.9. The molecule has 4 heterocycles. The number of carbonyl (C=O) groups is 3. The molecule has 0 unspecified atom stereocenters. The number of Topliss-reactive ketones (excluding diaryl/α,β-unsaturated/α-hetero) is 2. The fourth-order valence-electron chi connectivity index (χ4n) is 7.02. The molecule has 3 aromatic carbocycles. The van der Waals surface area contributed by atoms with E-state index in [1.54, 1.807) is 36.5 Å². The monoisotopic (exact) mass is 557 g/mol. The van der Waals surface area contributed by atoms with Gasteiger partial charge in [0.2, 0.25) is 5.91 Å². The number of ether oxygens (including phenoxy) is 2. The Kier molecular flexibility index (Phi) is 5.93. The molecule has 8 nitrogen and oxygen atoms in total. The second-order valence-electron chi connectivity index (χ2n) is 10.6. The summed E-state index contributed by atoms with van der Waals surface area (Å²) >= 11 is 0. The lowest BCUT2D eigenvalue weighted by Gasteiger charge is -2.38. The van der Waals surface area contributed by atoms with E-state index in [0.29, 0.717) is 33.9 Å². The van der Waals surface area contributed by atoms with Crippen molar-refractivity contribution in [3.05, 3.63) is 125 Å². The predicted octanol–water partition coefficient (Wildman–Crippen LogP) is 5.08. The Morgan fingerprint density at radius 3 is 2.52 bits per heavy atom. The van der Waals surface area contributed by atoms with Gasteiger partial charge >= 0.3 is 0 Å². The van der Waals surface area contributed by atoms with Crippen molar-refractivity contribution < 1.29 is 23.9 Å². The molecule has 208 valence electrons. The molecule has 0 saturated carbocycles. The molecule has 0 aliphatic carbocycles. The number of nitrogens with one attached hydrogen (secondary N) is 1. The van der Waals surface area contributed by atoms with Crippen LogP contribution in [0.5, 0.6) is 11.5 Å². The van der Waals surface area contributed by atoms with Crippen LogP contribution in [0.3, 0.4) is 0 Å². The molecule has 1 aromatic heterocycles. The van der Waals surface area contributed by atoms with Gasteiger partial charge in [0, 0.05) is 35.9 Å². The molecule has 3 aliphatic heterocycles. The number of aromatic nitrogens is 1. The fourth-order valence-corrected chi connectivity index (χ4v) is 7.02. The standard InChI is InChI=1S/C34H27N3O5/c1-41-22-13-14-24(27(18-22)42-2)31(39)29-28(30(38)21-9-7-16-35-19-21)34(25-11-5-6-12-26(25)36-33(34)40)32-23-10-4-3-8-20(23)15-17-37(29)32/h3-19,28-29,32H,1-2H3,(H,36,40)/t28-,29-,32+,34-/m0/s1. The second kappa shape index (κ2) is 9.69. The van der Waals surface area contributed by atoms with E-state index in [9.17, 15) is 14.4 Å². The van der Waals surface area contributed by atoms with Crippen LogP contribution in [0.4, 0.5) is 5.69 Å². The van der Waals surface area contributed by atoms with Crippen LogP contribution in [0.2, 0.25) is 0 Å². The van der Waals surface area contributed by atoms with Gasteiger partial charge < -0.3 is 19.7 Å². The number of carbonyl (C=O) groups excluding carboxylic acids is 3. The fraction of sp³-hybridized carbons (Fsp3) is 0.176. The third-order valence-corrected chi connectivity index (χ3v) is 8.74. The van der Waals surface area contributed by atoms with Gasteiger partial charge in [-0.05, 0) is 53.1 Å². The summed E-state index contributed by atoms with van der Waals surface area (Å²) in [6.07, 6.45) is 6.86. The molecule has 8 heteroatoms. The second-order valence-corrected chi connectivity index (χ2v) is 10.6. The summed E-state index contributed by atoms with van der Waals surface area (Å²) in [4.78, 5) is 50.1. The lowest BCUT2D eigenvalue weighted by atomic mass is 9.62. The van der Waals surface area contributed by atoms with E-state index in [1.807, 2.05) is 65.7 Å². The molecule has 1 spiro atoms. The average molecular weight is 558 g/mol. The van der Waals surface area contributed by atoms with E-state index in [1.165, 1.54) is 20.4 Å². The number of nitrogens with zero attached hydrogens (tertiary/aromatic N) is 2. The topological polar surface area (TPSA) is 97.8 Å². The van der Waals surface area contributed by atoms with Crippen molar-refractivity contribution in [3.8, 4) is 11.5 Å². The third kappa shape index (κ3) is 3.48. The molecule has 1 fully saturated rings. The minimum Gasteiger partial charge on any atom is -0.497 e. The Hall–Kier alpha value is -5.24. The Labute approximate surface area is 242 Å². The Bertz CT molecular complexity index is 1790. The molecule has 42 heavy (non-hydrogen) atoms. The Morgan fingerprint density at radius 1 is 0.929 bits per heavy atom. The minimum absolute atomic E-state index is 0.294. The van der Waals surface area contributed by atoms with Gasteiger partial charge in [0.1, 0.15) is 23.0 Å². The molecule has 0 bridgehead atoms. The van der Waals surface area contributed by atoms with Gasteiger partial charge in [-0.2, -0.15) is 0 Å². The average Bonchev–Trinajstić information content (AvgIpc) is 3.52. The van der Waals surface area contributed by atoms with Crippen molar-refractivity contribution in [3.63, 3.8) is 0 Å². The smallest absolute Gasteiger partial charge is 0.238 e. The summed E-state index contributed by atoms with van der Waals surface area (Å²) in [6.45, 7) is 0. The largest absolute Gasteiger partial charge is 0.497 e. The highest BCUT2D eigenvalue weighted by Crippen LogP contribution is 2.62. The van der Waals surface area contributed by atoms with Gasteiger partial charge in [-0.3, -0.25) is 19.4 Å². The van der Waals surface area contributed by atoms with Crippen molar-refractivity contribution in [1.82, 2.24) is 9.88 Å². The van der Waals surface area contributed by atoms with Crippen molar-refractivity contribution in [1.29, 1.82) is 0 Å². The third-order valence-electron chi connectivity index (χ3n) is 8.74. The normalized spacial score (nSPS) is 23.1. The number of methoxy groups -OCH3 is 2. The van der Waals surface area contributed by atoms with Crippen molar-refractivity contribution in [2.75, 3.05) is 19.5 Å². The SMILES string of the molecule is COc1ccc(C(=O)[C@@H]2[C@@H](C(=O)c3cccnc3)[C@]3(C(=O)Nc4ccccc43)[C@H]3c4ccccc4C=CN23)c(OC)c1. The molecule has 0 radical (unpaired) electrons. The first-order valence-electron chi connectivity index (χ1n) is 13.7. The van der Waals surface area contributed by atoms with Crippen LogP contribution >= 0.6 is 0 Å². The quantitative estimate of drug-likeness (QED) is 0.330. The molecule has 4 atom stereocenters. The number of amides is 1. The maximum absolute atomic E-state index is 14.8. The van der Waals surface area contributed by atoms with E-state index in [4.69, 9.17) is 9.47 Å². The maximum atomic E-state index is 14.8. The van der Waals surface area contributed by atoms with Gasteiger partial charge in [0.15, 0.2) is 11.6 Å². The van der Waals surface area contributed by atoms with Crippen LogP contribution in [0.15, 0.2) is 97.5 Å². The summed E-state index contributed by atoms with van der Waals surface area (Å²) in [5, 5.41) is 3.06. The Balaban J connectivity index is 1.53. The van der Waals surface area contributed by atoms with Crippen LogP contribution in [-0.4, -0.2) is 47.6 Å². The summed E-state index contributed by atoms with van der Waals surface area (Å²) < 4.78 is 11.0. The van der Waals surface area contributed by atoms with E-state index in [-0.39, 0.29) is 17.5 Å². The highest BCUT2D eigenvalue weighted by atomic mass is 16.5. The van der Waals surface area contributed by atoms with E-state index < -0.39 is 23.4 Å². The maximum Gasteiger partial charge on any atom is 0.238 e. The van der Waals surface area contributed by atoms with Gasteiger partial charge in [0.25, 0.3) is 0 Å². The van der Waals surface area contributed by atoms with E-state index in [2.05, 4.69) is 10.3 Å². The number of pyridine rings is 1. The number of para-hydroxylation sites is 1. The number of anilines is 1. The zero-order valence-electron chi connectivity index (χ0n) is 23.0. The molecule has 3 aliphatic rings. The van der Waals surface area contributed by atoms with Crippen LogP contribution in [0.25, 0.3) is 6.08 Å². The van der Waals surface area contributed by atoms with Crippen LogP contribution < -0.4 is 14.8 Å². The number of ketones is 2. The number of hydrogen-bond donors (Lipinski definition) is 1. The first-order valence-corrected chi connectivity index (χ1v) is 13.7. The zero-order chi connectivity index (χ0) is 29.0. The molecule has 1 amide bonds. The molecule has 1 saturated heterocycles. The van der Waals surface area contributed by atoms with Gasteiger partial charge in [-0.25, -0.2) is 0 Å². The van der Waals surface area contributed by atoms with E-state index >= 15 is 0 Å². The van der Waals surface area contributed by atoms with Crippen molar-refractivity contribution in [2.24, 2.45) is 5.92 Å². The lowest BCUT2D eigenvalue weighted by Crippen LogP contribution is -2.49. The first-order chi connectivity index (χ1) is 20.5. The van der Waals surface area contributed by atoms with E-state index in [0.717, 1.165) is 11.1 Å². The van der Waals surface area contributed by atoms with Gasteiger partial charge in [-0.1, -0.05) is 42.5 Å². The van der Waals surface area contributed by atoms with Gasteiger partial charge in [0.05, 0.1) is 31.7 Å². The Morgan fingerprint density at radius 2 is 1.74 bits per heavy atom. The number of hydrogen-bond acceptors (Lipinski definition) is 7. The first kappa shape index (κ1) is 25.7. The predicted molar refractivity (Wildman–Crippen MR) is 157 cm³/mol. The van der Waals surface area contributed by atoms with Crippen LogP contribution in [0.1, 0.15) is 43.4 Å². The lowest BCUT2D eigenvalue weighted by molar-refractivity contribution is -0.122. The van der Waals surface area contributed by atoms with Crippen LogP contribution in [-0.2, 0) is 10.2 Å². The minimum atomic E-state index is -1.41. The number of benzene rings is 3. The zero-order valence-corrected chi connectivity index (χ0v) is 23.0. The van der Waals surface area contributed by atoms with Gasteiger partial charge in [-0.15, -0.1) is 0 Å². The van der Waals surface area contributed by atoms with Crippen molar-refractivity contribution >= 4 is 29.2 Å². The summed E-state index contributed by atoms with van der Waals surface area (Å²) in [5.74, 6) is -1.22. The van der Waals surface area contributed by atoms with Crippen LogP contribution in [0, 0.1) is 5.92 Å². The highest BCUT2D eigenvalue weighted by molar-refractivity contribution is 6.17. The molecule has 7 rings (SSSR count). The molecule has 1 N–H and O–H groups in total. The van der Waals surface area contributed by atoms with Crippen molar-refractivity contribution in [2.45, 2.75) is 17.5 Å². The summed E-state index contributed by atoms with van der Waals surface area (Å²) in [7, 11) is 3.02. The molecular formula is C34H27N3O5. The number of rotatable bonds is 6. The molecule has 4 aromatic rings. The summed E-state index contributed by atoms with van der Waals surface area (Å²) in [5.41, 5.74) is 2.33.